The Balaban J connectivity index is 2.18. The molecule has 0 saturated carbocycles. The van der Waals surface area contributed by atoms with Gasteiger partial charge in [-0.25, -0.2) is 0 Å². The molecule has 2 N–H and O–H groups in total. The minimum Gasteiger partial charge on any atom is -0.321 e. The topological polar surface area (TPSA) is 43.1 Å². The number of hydrogen-bond acceptors (Lipinski definition) is 2. The number of rotatable bonds is 2. The molecule has 0 saturated heterocycles. The first-order valence-corrected chi connectivity index (χ1v) is 4.59. The molecular weight excluding hydrogens is 162 g/mol. The van der Waals surface area contributed by atoms with Crippen molar-refractivity contribution in [1.82, 2.24) is 0 Å². The summed E-state index contributed by atoms with van der Waals surface area (Å²) in [5.74, 6) is 0.315. The molecule has 68 valence electrons. The molecule has 0 unspecified atom stereocenters. The Kier molecular flexibility index (Phi) is 2.15. The van der Waals surface area contributed by atoms with Crippen LogP contribution in [0.3, 0.4) is 0 Å². The number of nitrogens with two attached hydrogens (primary N) is 1. The molecule has 0 radical (unpaired) electrons. The summed E-state index contributed by atoms with van der Waals surface area (Å²) in [6.07, 6.45) is 2.77. The molecule has 2 heteroatoms. The SMILES string of the molecule is N[C@H](C=O)C1Cc2ccccc2C1. The van der Waals surface area contributed by atoms with Crippen LogP contribution in [0.1, 0.15) is 11.1 Å². The van der Waals surface area contributed by atoms with Crippen molar-refractivity contribution in [2.45, 2.75) is 18.9 Å². The average molecular weight is 175 g/mol. The molecule has 0 heterocycles. The average Bonchev–Trinajstić information content (AvgIpc) is 2.59. The molecule has 2 nitrogen and oxygen atoms in total. The van der Waals surface area contributed by atoms with Gasteiger partial charge in [-0.3, -0.25) is 0 Å². The summed E-state index contributed by atoms with van der Waals surface area (Å²) in [4.78, 5) is 10.5. The molecule has 0 aliphatic heterocycles. The molecule has 1 aromatic carbocycles. The fraction of sp³-hybridized carbons (Fsp3) is 0.364. The van der Waals surface area contributed by atoms with Crippen LogP contribution in [0.25, 0.3) is 0 Å². The van der Waals surface area contributed by atoms with Gasteiger partial charge in [-0.15, -0.1) is 0 Å². The first-order valence-electron chi connectivity index (χ1n) is 4.59. The molecule has 2 rings (SSSR count). The third-order valence-corrected chi connectivity index (χ3v) is 2.78. The summed E-state index contributed by atoms with van der Waals surface area (Å²) in [5, 5.41) is 0. The molecule has 0 amide bonds. The zero-order chi connectivity index (χ0) is 9.26. The number of fused-ring (bicyclic) bond motifs is 1. The van der Waals surface area contributed by atoms with Crippen LogP contribution in [-0.4, -0.2) is 12.3 Å². The second-order valence-electron chi connectivity index (χ2n) is 3.65. The van der Waals surface area contributed by atoms with E-state index in [1.165, 1.54) is 11.1 Å². The molecule has 1 aliphatic rings. The van der Waals surface area contributed by atoms with Crippen LogP contribution in [0.4, 0.5) is 0 Å². The number of hydrogen-bond donors (Lipinski definition) is 1. The normalized spacial score (nSPS) is 18.2. The first-order chi connectivity index (χ1) is 6.31. The van der Waals surface area contributed by atoms with Crippen molar-refractivity contribution < 1.29 is 4.79 Å². The molecule has 0 aromatic heterocycles. The van der Waals surface area contributed by atoms with E-state index >= 15 is 0 Å². The molecule has 0 bridgehead atoms. The number of carbonyl (C=O) groups excluding carboxylic acids is 1. The minimum atomic E-state index is -0.299. The van der Waals surface area contributed by atoms with E-state index in [1.54, 1.807) is 0 Å². The fourth-order valence-corrected chi connectivity index (χ4v) is 1.98. The number of aldehydes is 1. The van der Waals surface area contributed by atoms with Crippen molar-refractivity contribution in [2.24, 2.45) is 11.7 Å². The van der Waals surface area contributed by atoms with Crippen molar-refractivity contribution in [3.8, 4) is 0 Å². The molecule has 0 fully saturated rings. The minimum absolute atomic E-state index is 0.299. The highest BCUT2D eigenvalue weighted by Crippen LogP contribution is 2.27. The van der Waals surface area contributed by atoms with E-state index in [0.717, 1.165) is 19.1 Å². The van der Waals surface area contributed by atoms with Gasteiger partial charge in [0.05, 0.1) is 6.04 Å². The Morgan fingerprint density at radius 2 is 1.85 bits per heavy atom. The predicted octanol–water partition coefficient (Wildman–Crippen LogP) is 0.928. The monoisotopic (exact) mass is 175 g/mol. The predicted molar refractivity (Wildman–Crippen MR) is 51.4 cm³/mol. The van der Waals surface area contributed by atoms with Crippen molar-refractivity contribution >= 4 is 6.29 Å². The lowest BCUT2D eigenvalue weighted by molar-refractivity contribution is -0.109. The van der Waals surface area contributed by atoms with Gasteiger partial charge in [0.15, 0.2) is 0 Å². The largest absolute Gasteiger partial charge is 0.321 e. The quantitative estimate of drug-likeness (QED) is 0.679. The Bertz CT molecular complexity index is 297. The standard InChI is InChI=1S/C11H13NO/c12-11(7-13)10-5-8-3-1-2-4-9(8)6-10/h1-4,7,10-11H,5-6,12H2/t11-/m1/s1. The van der Waals surface area contributed by atoms with Crippen molar-refractivity contribution in [2.75, 3.05) is 0 Å². The Hall–Kier alpha value is -1.15. The number of benzene rings is 1. The second kappa shape index (κ2) is 3.30. The summed E-state index contributed by atoms with van der Waals surface area (Å²) in [7, 11) is 0. The van der Waals surface area contributed by atoms with E-state index in [2.05, 4.69) is 12.1 Å². The Morgan fingerprint density at radius 3 is 2.31 bits per heavy atom. The Labute approximate surface area is 77.8 Å². The van der Waals surface area contributed by atoms with E-state index in [1.807, 2.05) is 12.1 Å². The van der Waals surface area contributed by atoms with Gasteiger partial charge in [0.25, 0.3) is 0 Å². The summed E-state index contributed by atoms with van der Waals surface area (Å²) in [6.45, 7) is 0. The van der Waals surface area contributed by atoms with Gasteiger partial charge in [0.2, 0.25) is 0 Å². The lowest BCUT2D eigenvalue weighted by Crippen LogP contribution is -2.31. The lowest BCUT2D eigenvalue weighted by atomic mass is 9.99. The van der Waals surface area contributed by atoms with Gasteiger partial charge in [-0.1, -0.05) is 24.3 Å². The smallest absolute Gasteiger partial charge is 0.136 e. The summed E-state index contributed by atoms with van der Waals surface area (Å²) in [5.41, 5.74) is 8.39. The lowest BCUT2D eigenvalue weighted by Gasteiger charge is -2.11. The molecule has 1 aromatic rings. The zero-order valence-electron chi connectivity index (χ0n) is 7.44. The van der Waals surface area contributed by atoms with Crippen LogP contribution < -0.4 is 5.73 Å². The van der Waals surface area contributed by atoms with Crippen LogP contribution in [0.2, 0.25) is 0 Å². The third-order valence-electron chi connectivity index (χ3n) is 2.78. The summed E-state index contributed by atoms with van der Waals surface area (Å²) >= 11 is 0. The van der Waals surface area contributed by atoms with Crippen LogP contribution in [0.5, 0.6) is 0 Å². The first kappa shape index (κ1) is 8.45. The van der Waals surface area contributed by atoms with E-state index in [9.17, 15) is 4.79 Å². The maximum atomic E-state index is 10.5. The van der Waals surface area contributed by atoms with Gasteiger partial charge in [0, 0.05) is 0 Å². The van der Waals surface area contributed by atoms with Gasteiger partial charge in [-0.05, 0) is 29.9 Å². The van der Waals surface area contributed by atoms with E-state index in [4.69, 9.17) is 5.73 Å². The zero-order valence-corrected chi connectivity index (χ0v) is 7.44. The van der Waals surface area contributed by atoms with Gasteiger partial charge in [-0.2, -0.15) is 0 Å². The van der Waals surface area contributed by atoms with E-state index in [0.29, 0.717) is 5.92 Å². The van der Waals surface area contributed by atoms with Crippen LogP contribution >= 0.6 is 0 Å². The highest BCUT2D eigenvalue weighted by atomic mass is 16.1. The fourth-order valence-electron chi connectivity index (χ4n) is 1.98. The molecule has 0 spiro atoms. The number of carbonyl (C=O) groups is 1. The van der Waals surface area contributed by atoms with Crippen LogP contribution in [0, 0.1) is 5.92 Å². The molecule has 1 aliphatic carbocycles. The van der Waals surface area contributed by atoms with Gasteiger partial charge < -0.3 is 10.5 Å². The molecule has 1 atom stereocenters. The van der Waals surface area contributed by atoms with E-state index in [-0.39, 0.29) is 6.04 Å². The maximum Gasteiger partial charge on any atom is 0.136 e. The van der Waals surface area contributed by atoms with Crippen LogP contribution in [0.15, 0.2) is 24.3 Å². The molecular formula is C11H13NO. The second-order valence-corrected chi connectivity index (χ2v) is 3.65. The highest BCUT2D eigenvalue weighted by molar-refractivity contribution is 5.58. The Morgan fingerprint density at radius 1 is 1.31 bits per heavy atom. The highest BCUT2D eigenvalue weighted by Gasteiger charge is 2.25. The van der Waals surface area contributed by atoms with Crippen LogP contribution in [-0.2, 0) is 17.6 Å². The van der Waals surface area contributed by atoms with Crippen molar-refractivity contribution in [3.05, 3.63) is 35.4 Å². The van der Waals surface area contributed by atoms with Gasteiger partial charge >= 0.3 is 0 Å². The van der Waals surface area contributed by atoms with Crippen molar-refractivity contribution in [3.63, 3.8) is 0 Å². The van der Waals surface area contributed by atoms with Crippen molar-refractivity contribution in [1.29, 1.82) is 0 Å². The maximum absolute atomic E-state index is 10.5. The summed E-state index contributed by atoms with van der Waals surface area (Å²) in [6, 6.07) is 8.01. The van der Waals surface area contributed by atoms with Gasteiger partial charge in [0.1, 0.15) is 6.29 Å². The molecule has 13 heavy (non-hydrogen) atoms. The third kappa shape index (κ3) is 1.49. The van der Waals surface area contributed by atoms with E-state index < -0.39 is 0 Å². The summed E-state index contributed by atoms with van der Waals surface area (Å²) < 4.78 is 0.